The number of phenols is 1. The first-order valence-electron chi connectivity index (χ1n) is 13.4. The number of benzene rings is 3. The van der Waals surface area contributed by atoms with E-state index in [0.717, 1.165) is 12.0 Å². The van der Waals surface area contributed by atoms with E-state index in [9.17, 15) is 5.11 Å². The monoisotopic (exact) mass is 643 g/mol. The minimum absolute atomic E-state index is 0. The van der Waals surface area contributed by atoms with Gasteiger partial charge in [0.05, 0.1) is 8.07 Å². The third kappa shape index (κ3) is 11.8. The van der Waals surface area contributed by atoms with E-state index >= 15 is 0 Å². The van der Waals surface area contributed by atoms with Crippen LogP contribution in [0.4, 0.5) is 0 Å². The summed E-state index contributed by atoms with van der Waals surface area (Å²) in [5.41, 5.74) is 3.73. The van der Waals surface area contributed by atoms with Crippen LogP contribution in [0.3, 0.4) is 0 Å². The van der Waals surface area contributed by atoms with E-state index in [1.165, 1.54) is 25.3 Å². The quantitative estimate of drug-likeness (QED) is 0.343. The molecule has 0 fully saturated rings. The Morgan fingerprint density at radius 3 is 1.60 bits per heavy atom. The van der Waals surface area contributed by atoms with Crippen LogP contribution >= 0.6 is 0 Å². The Labute approximate surface area is 270 Å². The molecule has 1 aliphatic carbocycles. The molecule has 0 saturated heterocycles. The van der Waals surface area contributed by atoms with Crippen molar-refractivity contribution in [3.05, 3.63) is 119 Å². The van der Waals surface area contributed by atoms with Crippen molar-refractivity contribution in [3.63, 3.8) is 0 Å². The fourth-order valence-electron chi connectivity index (χ4n) is 3.85. The van der Waals surface area contributed by atoms with Crippen molar-refractivity contribution in [3.8, 4) is 5.75 Å². The van der Waals surface area contributed by atoms with Gasteiger partial charge >= 0.3 is 95.6 Å². The third-order valence-corrected chi connectivity index (χ3v) is 15.6. The number of rotatable bonds is 4. The molecular weight excluding hydrogens is 599 g/mol. The van der Waals surface area contributed by atoms with Crippen molar-refractivity contribution >= 4 is 25.1 Å². The molecule has 4 rings (SSSR count). The Kier molecular flexibility index (Phi) is 16.2. The van der Waals surface area contributed by atoms with E-state index in [2.05, 4.69) is 146 Å². The standard InChI is InChI=1S/C13H22OSi.C13H10.C8H13Si.2ClH.Ti/c1-10-7-11(14)9-12(8-10)15(5,6)13(2,3)4;1-3-7-12(8-4-1)11-13-9-5-2-6-10-13;1-9(2,3)8-6-4-5-7-8;;;/h7-9,14H,1-6H3;1-10H;4,6H,5H2,1-3H3;2*1H;/q;;-1;;;+1/p-2. The summed E-state index contributed by atoms with van der Waals surface area (Å²) in [6, 6.07) is 26.9. The van der Waals surface area contributed by atoms with Crippen LogP contribution in [-0.4, -0.2) is 25.1 Å². The van der Waals surface area contributed by atoms with Crippen LogP contribution in [0.1, 0.15) is 43.9 Å². The fourth-order valence-corrected chi connectivity index (χ4v) is 7.59. The summed E-state index contributed by atoms with van der Waals surface area (Å²) in [5.74, 6) is 0.398. The number of allylic oxidation sites excluding steroid dienone is 4. The van der Waals surface area contributed by atoms with Gasteiger partial charge in [0.2, 0.25) is 0 Å². The molecule has 0 saturated carbocycles. The van der Waals surface area contributed by atoms with Crippen LogP contribution in [0.25, 0.3) is 0 Å². The second-order valence-corrected chi connectivity index (χ2v) is 23.6. The first kappa shape index (κ1) is 38.5. The number of aromatic hydroxyl groups is 1. The molecule has 0 radical (unpaired) electrons. The van der Waals surface area contributed by atoms with Gasteiger partial charge in [-0.15, -0.1) is 6.42 Å². The van der Waals surface area contributed by atoms with Gasteiger partial charge in [-0.25, -0.2) is 11.3 Å². The first-order chi connectivity index (χ1) is 17.6. The van der Waals surface area contributed by atoms with Crippen molar-refractivity contribution in [1.29, 1.82) is 0 Å². The molecule has 0 aliphatic heterocycles. The van der Waals surface area contributed by atoms with E-state index in [4.69, 9.17) is 0 Å². The number of phenolic OH excluding ortho intramolecular Hbond substituents is 1. The van der Waals surface area contributed by atoms with Gasteiger partial charge in [-0.1, -0.05) is 64.8 Å². The van der Waals surface area contributed by atoms with Crippen LogP contribution < -0.4 is 30.0 Å². The molecule has 1 N–H and O–H groups in total. The summed E-state index contributed by atoms with van der Waals surface area (Å²) in [5, 5.41) is 12.8. The molecule has 40 heavy (non-hydrogen) atoms. The third-order valence-electron chi connectivity index (χ3n) is 7.29. The normalized spacial score (nSPS) is 12.4. The van der Waals surface area contributed by atoms with Gasteiger partial charge in [-0.05, 0) is 29.7 Å². The minimum atomic E-state index is -1.50. The molecular formula is C34H45Cl2OSi2Ti-2. The van der Waals surface area contributed by atoms with Crippen LogP contribution in [0.2, 0.25) is 37.8 Å². The van der Waals surface area contributed by atoms with Gasteiger partial charge in [0, 0.05) is 8.07 Å². The van der Waals surface area contributed by atoms with E-state index in [0.29, 0.717) is 10.8 Å². The molecule has 0 spiro atoms. The molecule has 3 aromatic carbocycles. The van der Waals surface area contributed by atoms with Crippen LogP contribution in [0.15, 0.2) is 96.2 Å². The molecule has 1 aliphatic rings. The molecule has 0 atom stereocenters. The van der Waals surface area contributed by atoms with Crippen molar-refractivity contribution in [2.75, 3.05) is 0 Å². The number of aryl methyl sites for hydroxylation is 1. The molecule has 0 unspecified atom stereocenters. The molecule has 215 valence electrons. The summed E-state index contributed by atoms with van der Waals surface area (Å²) in [7, 11) is -2.51. The molecule has 0 aromatic heterocycles. The van der Waals surface area contributed by atoms with Gasteiger partial charge in [0.1, 0.15) is 5.75 Å². The summed E-state index contributed by atoms with van der Waals surface area (Å²) in [6.07, 6.45) is 8.82. The number of halogens is 2. The van der Waals surface area contributed by atoms with Crippen LogP contribution in [-0.2, 0) is 20.0 Å². The second kappa shape index (κ2) is 16.8. The number of hydrogen-bond acceptors (Lipinski definition) is 1. The molecule has 0 bridgehead atoms. The first-order valence-corrected chi connectivity index (χ1v) is 20.7. The topological polar surface area (TPSA) is 20.2 Å². The van der Waals surface area contributed by atoms with E-state index in [1.807, 2.05) is 31.2 Å². The van der Waals surface area contributed by atoms with Gasteiger partial charge in [0.15, 0.2) is 0 Å². The van der Waals surface area contributed by atoms with Crippen molar-refractivity contribution in [1.82, 2.24) is 0 Å². The summed E-state index contributed by atoms with van der Waals surface area (Å²) in [6.45, 7) is 20.7. The molecule has 6 heteroatoms. The predicted molar refractivity (Wildman–Crippen MR) is 170 cm³/mol. The summed E-state index contributed by atoms with van der Waals surface area (Å²) < 4.78 is 1.33. The average Bonchev–Trinajstić information content (AvgIpc) is 3.40. The zero-order valence-electron chi connectivity index (χ0n) is 25.6. The van der Waals surface area contributed by atoms with E-state index < -0.39 is 16.1 Å². The van der Waals surface area contributed by atoms with Crippen molar-refractivity contribution < 1.29 is 49.9 Å². The second-order valence-electron chi connectivity index (χ2n) is 12.5. The zero-order valence-corrected chi connectivity index (χ0v) is 30.6. The Bertz CT molecular complexity index is 1190. The zero-order chi connectivity index (χ0) is 28.6. The fraction of sp³-hybridized carbons (Fsp3) is 0.324. The van der Waals surface area contributed by atoms with Gasteiger partial charge < -0.3 is 29.9 Å². The molecule has 3 aromatic rings. The number of hydrogen-bond donors (Lipinski definition) is 1. The van der Waals surface area contributed by atoms with Gasteiger partial charge in [-0.2, -0.15) is 6.08 Å². The van der Waals surface area contributed by atoms with Crippen LogP contribution in [0, 0.1) is 13.0 Å². The van der Waals surface area contributed by atoms with Crippen LogP contribution in [0.5, 0.6) is 5.75 Å². The van der Waals surface area contributed by atoms with Crippen molar-refractivity contribution in [2.45, 2.75) is 71.9 Å². The van der Waals surface area contributed by atoms with E-state index in [1.54, 1.807) is 0 Å². The molecule has 1 nitrogen and oxygen atoms in total. The maximum atomic E-state index is 9.65. The van der Waals surface area contributed by atoms with Gasteiger partial charge in [0.25, 0.3) is 0 Å². The SMILES string of the molecule is C[Si](C)(C)C1=[C-]CC=C1.Cc1cc(O)cc([Si](C)(C)C(C)(C)C)c1.[Cl-].[Cl-].[Ti+]=[C](c1ccccc1)c1ccccc1. The van der Waals surface area contributed by atoms with Crippen molar-refractivity contribution in [2.24, 2.45) is 0 Å². The maximum absolute atomic E-state index is 9.65. The Morgan fingerprint density at radius 2 is 1.27 bits per heavy atom. The summed E-state index contributed by atoms with van der Waals surface area (Å²) >= 11 is 2.16. The molecule has 0 amide bonds. The Balaban J connectivity index is 0.000000572. The van der Waals surface area contributed by atoms with E-state index in [-0.39, 0.29) is 24.8 Å². The Hall–Kier alpha value is -1.46. The Morgan fingerprint density at radius 1 is 0.800 bits per heavy atom. The average molecular weight is 645 g/mol. The molecule has 0 heterocycles. The predicted octanol–water partition coefficient (Wildman–Crippen LogP) is 2.78. The summed E-state index contributed by atoms with van der Waals surface area (Å²) in [4.78, 5) is 0. The van der Waals surface area contributed by atoms with Gasteiger partial charge in [-0.3, -0.25) is 6.08 Å².